The Bertz CT molecular complexity index is 1190. The van der Waals surface area contributed by atoms with Gasteiger partial charge in [0.25, 0.3) is 0 Å². The Labute approximate surface area is 169 Å². The molecular weight excluding hydrogens is 364 g/mol. The van der Waals surface area contributed by atoms with Gasteiger partial charge in [-0.25, -0.2) is 4.98 Å². The summed E-state index contributed by atoms with van der Waals surface area (Å²) >= 11 is 0. The molecule has 0 bridgehead atoms. The van der Waals surface area contributed by atoms with Crippen LogP contribution in [0.5, 0.6) is 11.5 Å². The number of hydrogen-bond donors (Lipinski definition) is 2. The predicted molar refractivity (Wildman–Crippen MR) is 116 cm³/mol. The minimum absolute atomic E-state index is 0.162. The molecule has 6 nitrogen and oxygen atoms in total. The number of rotatable bonds is 5. The van der Waals surface area contributed by atoms with E-state index in [2.05, 4.69) is 40.3 Å². The lowest BCUT2D eigenvalue weighted by atomic mass is 9.94. The van der Waals surface area contributed by atoms with Crippen molar-refractivity contribution < 1.29 is 9.47 Å². The zero-order valence-corrected chi connectivity index (χ0v) is 16.3. The Balaban J connectivity index is 1.89. The van der Waals surface area contributed by atoms with Crippen LogP contribution in [-0.2, 0) is 6.42 Å². The van der Waals surface area contributed by atoms with Crippen LogP contribution in [0.25, 0.3) is 21.9 Å². The van der Waals surface area contributed by atoms with E-state index in [1.165, 1.54) is 0 Å². The Kier molecular flexibility index (Phi) is 4.91. The summed E-state index contributed by atoms with van der Waals surface area (Å²) in [7, 11) is 3.28. The van der Waals surface area contributed by atoms with Gasteiger partial charge in [0.1, 0.15) is 5.82 Å². The van der Waals surface area contributed by atoms with Crippen molar-refractivity contribution in [3.8, 4) is 22.6 Å². The monoisotopic (exact) mass is 386 g/mol. The van der Waals surface area contributed by atoms with Crippen molar-refractivity contribution in [2.75, 3.05) is 25.7 Å². The number of aromatic nitrogens is 2. The molecule has 0 atom stereocenters. The first-order valence-electron chi connectivity index (χ1n) is 9.20. The number of fused-ring (bicyclic) bond motifs is 1. The normalized spacial score (nSPS) is 10.8. The van der Waals surface area contributed by atoms with Crippen LogP contribution in [0.1, 0.15) is 11.1 Å². The molecule has 1 aromatic heterocycles. The highest BCUT2D eigenvalue weighted by molar-refractivity contribution is 5.98. The standard InChI is InChI=1S/C23H22N4O2/c1-28-20-12-14(10-16-13-26-23(25)27-22(16)24)11-19(21(20)29-2)18-9-5-7-15-6-3-4-8-17(15)18/h3-9,11-13H,10H2,1-2H3,(H4,24,25,26,27). The van der Waals surface area contributed by atoms with E-state index in [-0.39, 0.29) is 5.95 Å². The van der Waals surface area contributed by atoms with Gasteiger partial charge < -0.3 is 20.9 Å². The molecule has 0 aliphatic heterocycles. The first kappa shape index (κ1) is 18.6. The van der Waals surface area contributed by atoms with Crippen LogP contribution in [0.4, 0.5) is 11.8 Å². The third-order valence-electron chi connectivity index (χ3n) is 4.93. The van der Waals surface area contributed by atoms with Gasteiger partial charge in [-0.05, 0) is 34.0 Å². The van der Waals surface area contributed by atoms with Crippen LogP contribution >= 0.6 is 0 Å². The van der Waals surface area contributed by atoms with Crippen LogP contribution in [0.3, 0.4) is 0 Å². The summed E-state index contributed by atoms with van der Waals surface area (Å²) in [6, 6.07) is 18.5. The van der Waals surface area contributed by atoms with Crippen molar-refractivity contribution in [1.82, 2.24) is 9.97 Å². The van der Waals surface area contributed by atoms with Gasteiger partial charge in [0.15, 0.2) is 11.5 Å². The fraction of sp³-hybridized carbons (Fsp3) is 0.130. The second-order valence-corrected chi connectivity index (χ2v) is 6.72. The van der Waals surface area contributed by atoms with Gasteiger partial charge in [-0.1, -0.05) is 42.5 Å². The Morgan fingerprint density at radius 2 is 1.69 bits per heavy atom. The molecule has 4 rings (SSSR count). The second-order valence-electron chi connectivity index (χ2n) is 6.72. The van der Waals surface area contributed by atoms with Gasteiger partial charge in [0.2, 0.25) is 5.95 Å². The zero-order valence-electron chi connectivity index (χ0n) is 16.3. The number of benzene rings is 3. The maximum Gasteiger partial charge on any atom is 0.221 e. The number of anilines is 2. The molecule has 0 aliphatic carbocycles. The molecule has 29 heavy (non-hydrogen) atoms. The molecule has 146 valence electrons. The van der Waals surface area contributed by atoms with E-state index in [1.807, 2.05) is 24.3 Å². The topological polar surface area (TPSA) is 96.3 Å². The lowest BCUT2D eigenvalue weighted by Crippen LogP contribution is -2.04. The molecule has 3 aromatic carbocycles. The summed E-state index contributed by atoms with van der Waals surface area (Å²) in [6.07, 6.45) is 2.20. The smallest absolute Gasteiger partial charge is 0.221 e. The molecule has 0 aliphatic rings. The highest BCUT2D eigenvalue weighted by Gasteiger charge is 2.17. The van der Waals surface area contributed by atoms with Crippen molar-refractivity contribution >= 4 is 22.5 Å². The maximum absolute atomic E-state index is 6.03. The van der Waals surface area contributed by atoms with Crippen LogP contribution in [0.2, 0.25) is 0 Å². The van der Waals surface area contributed by atoms with Gasteiger partial charge in [-0.15, -0.1) is 0 Å². The van der Waals surface area contributed by atoms with Crippen molar-refractivity contribution in [2.24, 2.45) is 0 Å². The summed E-state index contributed by atoms with van der Waals surface area (Å²) < 4.78 is 11.4. The van der Waals surface area contributed by atoms with Crippen LogP contribution < -0.4 is 20.9 Å². The molecule has 0 amide bonds. The van der Waals surface area contributed by atoms with E-state index in [4.69, 9.17) is 20.9 Å². The summed E-state index contributed by atoms with van der Waals surface area (Å²) in [5, 5.41) is 2.30. The van der Waals surface area contributed by atoms with Gasteiger partial charge in [0, 0.05) is 23.7 Å². The maximum atomic E-state index is 6.03. The van der Waals surface area contributed by atoms with Gasteiger partial charge in [0.05, 0.1) is 14.2 Å². The van der Waals surface area contributed by atoms with E-state index in [1.54, 1.807) is 20.4 Å². The number of ether oxygens (including phenoxy) is 2. The van der Waals surface area contributed by atoms with Crippen molar-refractivity contribution in [1.29, 1.82) is 0 Å². The Morgan fingerprint density at radius 3 is 2.45 bits per heavy atom. The third kappa shape index (κ3) is 3.52. The number of nitrogen functional groups attached to an aromatic ring is 2. The molecule has 0 fully saturated rings. The second kappa shape index (κ2) is 7.67. The molecule has 0 radical (unpaired) electrons. The highest BCUT2D eigenvalue weighted by atomic mass is 16.5. The van der Waals surface area contributed by atoms with Gasteiger partial charge in [-0.2, -0.15) is 4.98 Å². The van der Waals surface area contributed by atoms with Gasteiger partial charge in [-0.3, -0.25) is 0 Å². The summed E-state index contributed by atoms with van der Waals surface area (Å²) in [6.45, 7) is 0. The fourth-order valence-electron chi connectivity index (χ4n) is 3.57. The van der Waals surface area contributed by atoms with E-state index in [9.17, 15) is 0 Å². The molecule has 0 spiro atoms. The molecule has 4 aromatic rings. The number of nitrogens with two attached hydrogens (primary N) is 2. The Morgan fingerprint density at radius 1 is 0.897 bits per heavy atom. The van der Waals surface area contributed by atoms with E-state index < -0.39 is 0 Å². The SMILES string of the molecule is COc1cc(Cc2cnc(N)nc2N)cc(-c2cccc3ccccc23)c1OC. The average molecular weight is 386 g/mol. The lowest BCUT2D eigenvalue weighted by molar-refractivity contribution is 0.356. The van der Waals surface area contributed by atoms with E-state index >= 15 is 0 Å². The average Bonchev–Trinajstić information content (AvgIpc) is 2.74. The molecule has 1 heterocycles. The van der Waals surface area contributed by atoms with Crippen LogP contribution in [-0.4, -0.2) is 24.2 Å². The largest absolute Gasteiger partial charge is 0.493 e. The molecule has 0 saturated heterocycles. The molecule has 0 saturated carbocycles. The van der Waals surface area contributed by atoms with Crippen LogP contribution in [0, 0.1) is 0 Å². The van der Waals surface area contributed by atoms with Crippen molar-refractivity contribution in [3.63, 3.8) is 0 Å². The molecule has 0 unspecified atom stereocenters. The van der Waals surface area contributed by atoms with E-state index in [0.717, 1.165) is 33.0 Å². The summed E-state index contributed by atoms with van der Waals surface area (Å²) in [5.74, 6) is 1.88. The third-order valence-corrected chi connectivity index (χ3v) is 4.93. The summed E-state index contributed by atoms with van der Waals surface area (Å²) in [5.41, 5.74) is 15.5. The Hall–Kier alpha value is -3.80. The number of hydrogen-bond acceptors (Lipinski definition) is 6. The minimum atomic E-state index is 0.162. The highest BCUT2D eigenvalue weighted by Crippen LogP contribution is 2.42. The predicted octanol–water partition coefficient (Wildman–Crippen LogP) is 4.07. The fourth-order valence-corrected chi connectivity index (χ4v) is 3.57. The molecular formula is C23H22N4O2. The first-order chi connectivity index (χ1) is 14.1. The summed E-state index contributed by atoms with van der Waals surface area (Å²) in [4.78, 5) is 8.12. The molecule has 4 N–H and O–H groups in total. The first-order valence-corrected chi connectivity index (χ1v) is 9.20. The van der Waals surface area contributed by atoms with Crippen molar-refractivity contribution in [3.05, 3.63) is 71.9 Å². The van der Waals surface area contributed by atoms with Crippen molar-refractivity contribution in [2.45, 2.75) is 6.42 Å². The molecule has 6 heteroatoms. The lowest BCUT2D eigenvalue weighted by Gasteiger charge is -2.17. The van der Waals surface area contributed by atoms with Crippen LogP contribution in [0.15, 0.2) is 60.8 Å². The zero-order chi connectivity index (χ0) is 20.4. The quantitative estimate of drug-likeness (QED) is 0.537. The van der Waals surface area contributed by atoms with Gasteiger partial charge >= 0.3 is 0 Å². The minimum Gasteiger partial charge on any atom is -0.493 e. The number of nitrogens with zero attached hydrogens (tertiary/aromatic N) is 2. The van der Waals surface area contributed by atoms with E-state index in [0.29, 0.717) is 23.7 Å². The number of methoxy groups -OCH3 is 2.